The molecule has 2 N–H and O–H groups in total. The molecule has 0 radical (unpaired) electrons. The van der Waals surface area contributed by atoms with E-state index >= 15 is 0 Å². The van der Waals surface area contributed by atoms with Crippen LogP contribution in [0.1, 0.15) is 19.8 Å². The van der Waals surface area contributed by atoms with Gasteiger partial charge in [0, 0.05) is 37.3 Å². The molecule has 0 aromatic heterocycles. The minimum Gasteiger partial charge on any atom is -0.497 e. The summed E-state index contributed by atoms with van der Waals surface area (Å²) < 4.78 is 37.6. The molecule has 1 fully saturated rings. The van der Waals surface area contributed by atoms with Crippen LogP contribution >= 0.6 is 12.4 Å². The number of ether oxygens (including phenoxy) is 2. The van der Waals surface area contributed by atoms with Crippen LogP contribution in [0.5, 0.6) is 11.5 Å². The first-order chi connectivity index (χ1) is 10.4. The van der Waals surface area contributed by atoms with Crippen molar-refractivity contribution in [2.75, 3.05) is 27.3 Å². The van der Waals surface area contributed by atoms with E-state index in [0.717, 1.165) is 12.8 Å². The Bertz CT molecular complexity index is 600. The van der Waals surface area contributed by atoms with Gasteiger partial charge >= 0.3 is 0 Å². The molecule has 2 atom stereocenters. The first-order valence-corrected chi connectivity index (χ1v) is 8.81. The van der Waals surface area contributed by atoms with E-state index in [2.05, 4.69) is 0 Å². The predicted molar refractivity (Wildman–Crippen MR) is 91.9 cm³/mol. The number of halogens is 1. The molecule has 0 bridgehead atoms. The summed E-state index contributed by atoms with van der Waals surface area (Å²) in [5.74, 6) is 1.10. The van der Waals surface area contributed by atoms with Crippen molar-refractivity contribution in [1.29, 1.82) is 0 Å². The molecule has 1 heterocycles. The van der Waals surface area contributed by atoms with Crippen molar-refractivity contribution in [1.82, 2.24) is 4.31 Å². The maximum absolute atomic E-state index is 12.9. The third-order valence-corrected chi connectivity index (χ3v) is 5.97. The molecule has 0 saturated carbocycles. The summed E-state index contributed by atoms with van der Waals surface area (Å²) in [6.07, 6.45) is 1.79. The lowest BCUT2D eigenvalue weighted by molar-refractivity contribution is 0.243. The van der Waals surface area contributed by atoms with Gasteiger partial charge in [0.05, 0.1) is 19.1 Å². The maximum atomic E-state index is 12.9. The van der Waals surface area contributed by atoms with Gasteiger partial charge in [-0.25, -0.2) is 8.42 Å². The molecule has 1 aromatic carbocycles. The lowest BCUT2D eigenvalue weighted by atomic mass is 9.93. The Hall–Kier alpha value is -1.02. The number of nitrogens with two attached hydrogens (primary N) is 1. The standard InChI is InChI=1S/C15H24N2O4S.ClH/c1-11(16)12-5-4-6-17(10-12)22(18,19)15-8-13(20-2)7-14(9-15)21-3;/h7-9,11-12H,4-6,10,16H2,1-3H3;1H. The molecule has 0 amide bonds. The second kappa shape index (κ2) is 8.19. The van der Waals surface area contributed by atoms with Gasteiger partial charge in [0.2, 0.25) is 10.0 Å². The van der Waals surface area contributed by atoms with Crippen LogP contribution in [0.25, 0.3) is 0 Å². The highest BCUT2D eigenvalue weighted by Crippen LogP contribution is 2.30. The highest BCUT2D eigenvalue weighted by molar-refractivity contribution is 7.89. The summed E-state index contributed by atoms with van der Waals surface area (Å²) in [5, 5.41) is 0. The summed E-state index contributed by atoms with van der Waals surface area (Å²) in [5.41, 5.74) is 5.94. The van der Waals surface area contributed by atoms with Gasteiger partial charge in [0.1, 0.15) is 11.5 Å². The van der Waals surface area contributed by atoms with E-state index < -0.39 is 10.0 Å². The van der Waals surface area contributed by atoms with Gasteiger partial charge < -0.3 is 15.2 Å². The number of benzene rings is 1. The molecule has 0 spiro atoms. The highest BCUT2D eigenvalue weighted by atomic mass is 35.5. The smallest absolute Gasteiger partial charge is 0.243 e. The van der Waals surface area contributed by atoms with Crippen molar-refractivity contribution in [3.05, 3.63) is 18.2 Å². The zero-order chi connectivity index (χ0) is 16.3. The minimum absolute atomic E-state index is 0. The lowest BCUT2D eigenvalue weighted by Gasteiger charge is -2.33. The van der Waals surface area contributed by atoms with Crippen molar-refractivity contribution in [3.8, 4) is 11.5 Å². The minimum atomic E-state index is -3.58. The summed E-state index contributed by atoms with van der Waals surface area (Å²) >= 11 is 0. The van der Waals surface area contributed by atoms with E-state index in [1.165, 1.54) is 30.7 Å². The van der Waals surface area contributed by atoms with Crippen LogP contribution in [0.3, 0.4) is 0 Å². The third kappa shape index (κ3) is 4.50. The van der Waals surface area contributed by atoms with Crippen molar-refractivity contribution in [2.45, 2.75) is 30.7 Å². The maximum Gasteiger partial charge on any atom is 0.243 e. The Balaban J connectivity index is 0.00000264. The topological polar surface area (TPSA) is 81.9 Å². The molecule has 1 aromatic rings. The molecule has 1 aliphatic rings. The molecule has 132 valence electrons. The molecule has 2 rings (SSSR count). The van der Waals surface area contributed by atoms with Crippen molar-refractivity contribution < 1.29 is 17.9 Å². The Morgan fingerprint density at radius 3 is 2.26 bits per heavy atom. The van der Waals surface area contributed by atoms with Gasteiger partial charge in [0.15, 0.2) is 0 Å². The normalized spacial score (nSPS) is 20.4. The SMILES string of the molecule is COc1cc(OC)cc(S(=O)(=O)N2CCCC(C(C)N)C2)c1.Cl. The van der Waals surface area contributed by atoms with Gasteiger partial charge in [-0.1, -0.05) is 0 Å². The van der Waals surface area contributed by atoms with Gasteiger partial charge in [-0.15, -0.1) is 12.4 Å². The number of nitrogens with zero attached hydrogens (tertiary/aromatic N) is 1. The largest absolute Gasteiger partial charge is 0.497 e. The van der Waals surface area contributed by atoms with Gasteiger partial charge in [0.25, 0.3) is 0 Å². The molecule has 0 aliphatic carbocycles. The molecule has 1 saturated heterocycles. The second-order valence-corrected chi connectivity index (χ2v) is 7.61. The van der Waals surface area contributed by atoms with Crippen LogP contribution in [0.4, 0.5) is 0 Å². The van der Waals surface area contributed by atoms with E-state index in [4.69, 9.17) is 15.2 Å². The number of rotatable bonds is 5. The Morgan fingerprint density at radius 2 is 1.78 bits per heavy atom. The molecule has 2 unspecified atom stereocenters. The molecule has 23 heavy (non-hydrogen) atoms. The Labute approximate surface area is 144 Å². The van der Waals surface area contributed by atoms with Crippen LogP contribution in [-0.2, 0) is 10.0 Å². The molecular formula is C15H25ClN2O4S. The van der Waals surface area contributed by atoms with Gasteiger partial charge in [-0.3, -0.25) is 0 Å². The summed E-state index contributed by atoms with van der Waals surface area (Å²) in [6.45, 7) is 2.90. The molecular weight excluding hydrogens is 340 g/mol. The van der Waals surface area contributed by atoms with E-state index in [1.807, 2.05) is 6.92 Å². The monoisotopic (exact) mass is 364 g/mol. The molecule has 6 nitrogen and oxygen atoms in total. The van der Waals surface area contributed by atoms with Gasteiger partial charge in [-0.05, 0) is 25.7 Å². The fraction of sp³-hybridized carbons (Fsp3) is 0.600. The fourth-order valence-corrected chi connectivity index (χ4v) is 4.29. The van der Waals surface area contributed by atoms with E-state index in [-0.39, 0.29) is 29.3 Å². The van der Waals surface area contributed by atoms with Crippen LogP contribution in [0, 0.1) is 5.92 Å². The quantitative estimate of drug-likeness (QED) is 0.862. The first-order valence-electron chi connectivity index (χ1n) is 7.37. The fourth-order valence-electron chi connectivity index (χ4n) is 2.70. The Kier molecular flexibility index (Phi) is 7.13. The van der Waals surface area contributed by atoms with Crippen molar-refractivity contribution in [2.24, 2.45) is 11.7 Å². The molecule has 8 heteroatoms. The van der Waals surface area contributed by atoms with Crippen LogP contribution < -0.4 is 15.2 Å². The predicted octanol–water partition coefficient (Wildman–Crippen LogP) is 1.87. The molecule has 1 aliphatic heterocycles. The van der Waals surface area contributed by atoms with E-state index in [9.17, 15) is 8.42 Å². The number of methoxy groups -OCH3 is 2. The zero-order valence-corrected chi connectivity index (χ0v) is 15.3. The number of hydrogen-bond donors (Lipinski definition) is 1. The third-order valence-electron chi connectivity index (χ3n) is 4.13. The van der Waals surface area contributed by atoms with Gasteiger partial charge in [-0.2, -0.15) is 4.31 Å². The number of sulfonamides is 1. The summed E-state index contributed by atoms with van der Waals surface area (Å²) in [4.78, 5) is 0.189. The first kappa shape index (κ1) is 20.0. The highest BCUT2D eigenvalue weighted by Gasteiger charge is 2.32. The zero-order valence-electron chi connectivity index (χ0n) is 13.7. The van der Waals surface area contributed by atoms with Crippen LogP contribution in [-0.4, -0.2) is 46.1 Å². The summed E-state index contributed by atoms with van der Waals surface area (Å²) in [6, 6.07) is 4.68. The van der Waals surface area contributed by atoms with E-state index in [1.54, 1.807) is 6.07 Å². The van der Waals surface area contributed by atoms with Crippen LogP contribution in [0.2, 0.25) is 0 Å². The van der Waals surface area contributed by atoms with E-state index in [0.29, 0.717) is 24.6 Å². The number of piperidine rings is 1. The van der Waals surface area contributed by atoms with Crippen molar-refractivity contribution >= 4 is 22.4 Å². The van der Waals surface area contributed by atoms with Crippen LogP contribution in [0.15, 0.2) is 23.1 Å². The Morgan fingerprint density at radius 1 is 1.22 bits per heavy atom. The average Bonchev–Trinajstić information content (AvgIpc) is 2.54. The van der Waals surface area contributed by atoms with Crippen molar-refractivity contribution in [3.63, 3.8) is 0 Å². The second-order valence-electron chi connectivity index (χ2n) is 5.67. The average molecular weight is 365 g/mol. The lowest BCUT2D eigenvalue weighted by Crippen LogP contribution is -2.44. The summed E-state index contributed by atoms with van der Waals surface area (Å²) in [7, 11) is -0.579. The number of hydrogen-bond acceptors (Lipinski definition) is 5.